The first kappa shape index (κ1) is 19.7. The minimum absolute atomic E-state index is 0.0400. The van der Waals surface area contributed by atoms with Crippen molar-refractivity contribution in [1.29, 1.82) is 0 Å². The van der Waals surface area contributed by atoms with Crippen LogP contribution < -0.4 is 10.6 Å². The average molecular weight is 337 g/mol. The van der Waals surface area contributed by atoms with E-state index in [2.05, 4.69) is 10.6 Å². The van der Waals surface area contributed by atoms with Crippen LogP contribution in [-0.4, -0.2) is 35.1 Å². The Morgan fingerprint density at radius 1 is 1.21 bits per heavy atom. The van der Waals surface area contributed by atoms with Crippen LogP contribution in [0.3, 0.4) is 0 Å². The van der Waals surface area contributed by atoms with Gasteiger partial charge in [0.15, 0.2) is 6.61 Å². The highest BCUT2D eigenvalue weighted by molar-refractivity contribution is 5.97. The maximum absolute atomic E-state index is 12.2. The predicted octanol–water partition coefficient (Wildman–Crippen LogP) is 2.47. The summed E-state index contributed by atoms with van der Waals surface area (Å²) in [5.41, 5.74) is 2.17. The molecular weight excluding hydrogens is 310 g/mol. The van der Waals surface area contributed by atoms with E-state index in [9.17, 15) is 14.4 Å². The average Bonchev–Trinajstić information content (AvgIpc) is 2.79. The first-order valence-electron chi connectivity index (χ1n) is 8.13. The van der Waals surface area contributed by atoms with Crippen LogP contribution in [0.5, 0.6) is 0 Å². The van der Waals surface area contributed by atoms with Crippen LogP contribution in [0.15, 0.2) is 6.07 Å². The van der Waals surface area contributed by atoms with Gasteiger partial charge < -0.3 is 14.6 Å². The molecule has 0 aliphatic carbocycles. The molecule has 1 heterocycles. The second-order valence-electron chi connectivity index (χ2n) is 6.16. The first-order chi connectivity index (χ1) is 11.2. The SMILES string of the molecule is CC[C@H](C)NC(=O)NC(=O)COC(=O)c1cc(C)n(C(C)C)c1C. The van der Waals surface area contributed by atoms with Crippen LogP contribution in [0.2, 0.25) is 0 Å². The highest BCUT2D eigenvalue weighted by atomic mass is 16.5. The van der Waals surface area contributed by atoms with Gasteiger partial charge in [-0.1, -0.05) is 6.92 Å². The Balaban J connectivity index is 2.59. The summed E-state index contributed by atoms with van der Waals surface area (Å²) in [4.78, 5) is 35.3. The summed E-state index contributed by atoms with van der Waals surface area (Å²) in [7, 11) is 0. The molecule has 0 fully saturated rings. The number of carbonyl (C=O) groups is 3. The zero-order chi connectivity index (χ0) is 18.4. The summed E-state index contributed by atoms with van der Waals surface area (Å²) in [5, 5.41) is 4.73. The summed E-state index contributed by atoms with van der Waals surface area (Å²) >= 11 is 0. The Morgan fingerprint density at radius 3 is 2.33 bits per heavy atom. The minimum Gasteiger partial charge on any atom is -0.452 e. The summed E-state index contributed by atoms with van der Waals surface area (Å²) in [6.07, 6.45) is 0.752. The number of esters is 1. The summed E-state index contributed by atoms with van der Waals surface area (Å²) in [6.45, 7) is 11.0. The third-order valence-electron chi connectivity index (χ3n) is 3.80. The molecule has 0 unspecified atom stereocenters. The Kier molecular flexibility index (Phi) is 7.00. The second kappa shape index (κ2) is 8.52. The monoisotopic (exact) mass is 337 g/mol. The van der Waals surface area contributed by atoms with Gasteiger partial charge in [0, 0.05) is 23.5 Å². The molecule has 0 aromatic carbocycles. The van der Waals surface area contributed by atoms with Crippen molar-refractivity contribution in [2.24, 2.45) is 0 Å². The van der Waals surface area contributed by atoms with Gasteiger partial charge in [-0.05, 0) is 47.1 Å². The van der Waals surface area contributed by atoms with Crippen molar-refractivity contribution < 1.29 is 19.1 Å². The molecule has 1 rings (SSSR count). The van der Waals surface area contributed by atoms with Gasteiger partial charge in [-0.15, -0.1) is 0 Å². The molecule has 2 N–H and O–H groups in total. The van der Waals surface area contributed by atoms with E-state index < -0.39 is 24.5 Å². The summed E-state index contributed by atoms with van der Waals surface area (Å²) in [6, 6.07) is 1.33. The normalized spacial score (nSPS) is 12.0. The summed E-state index contributed by atoms with van der Waals surface area (Å²) < 4.78 is 7.03. The maximum atomic E-state index is 12.2. The molecule has 0 saturated carbocycles. The fourth-order valence-corrected chi connectivity index (χ4v) is 2.51. The number of amides is 3. The highest BCUT2D eigenvalue weighted by Gasteiger charge is 2.19. The van der Waals surface area contributed by atoms with Crippen molar-refractivity contribution in [1.82, 2.24) is 15.2 Å². The number of nitrogens with zero attached hydrogens (tertiary/aromatic N) is 1. The zero-order valence-corrected chi connectivity index (χ0v) is 15.2. The lowest BCUT2D eigenvalue weighted by Crippen LogP contribution is -2.44. The van der Waals surface area contributed by atoms with E-state index in [0.29, 0.717) is 5.56 Å². The van der Waals surface area contributed by atoms with Gasteiger partial charge in [0.2, 0.25) is 0 Å². The molecule has 1 aromatic rings. The number of nitrogens with one attached hydrogen (secondary N) is 2. The first-order valence-corrected chi connectivity index (χ1v) is 8.13. The number of ether oxygens (including phenoxy) is 1. The van der Waals surface area contributed by atoms with Gasteiger partial charge in [-0.3, -0.25) is 10.1 Å². The van der Waals surface area contributed by atoms with Crippen molar-refractivity contribution >= 4 is 17.9 Å². The van der Waals surface area contributed by atoms with Gasteiger partial charge in [0.05, 0.1) is 5.56 Å². The van der Waals surface area contributed by atoms with E-state index in [-0.39, 0.29) is 12.1 Å². The van der Waals surface area contributed by atoms with Crippen LogP contribution >= 0.6 is 0 Å². The lowest BCUT2D eigenvalue weighted by Gasteiger charge is -2.13. The number of aromatic nitrogens is 1. The number of rotatable bonds is 6. The standard InChI is InChI=1S/C17H27N3O4/c1-7-11(4)18-17(23)19-15(21)9-24-16(22)14-8-12(5)20(10(2)3)13(14)6/h8,10-11H,7,9H2,1-6H3,(H2,18,19,21,23)/t11-/m0/s1. The maximum Gasteiger partial charge on any atom is 0.340 e. The molecule has 0 bridgehead atoms. The van der Waals surface area contributed by atoms with Crippen LogP contribution in [0.25, 0.3) is 0 Å². The number of hydrogen-bond donors (Lipinski definition) is 2. The number of imide groups is 1. The minimum atomic E-state index is -0.665. The lowest BCUT2D eigenvalue weighted by atomic mass is 10.2. The molecule has 24 heavy (non-hydrogen) atoms. The molecular formula is C17H27N3O4. The van der Waals surface area contributed by atoms with E-state index in [4.69, 9.17) is 4.74 Å². The van der Waals surface area contributed by atoms with Gasteiger partial charge >= 0.3 is 12.0 Å². The molecule has 0 saturated heterocycles. The molecule has 0 aliphatic rings. The van der Waals surface area contributed by atoms with Gasteiger partial charge in [-0.25, -0.2) is 9.59 Å². The van der Waals surface area contributed by atoms with Crippen LogP contribution in [0, 0.1) is 13.8 Å². The molecule has 0 aliphatic heterocycles. The second-order valence-corrected chi connectivity index (χ2v) is 6.16. The molecule has 3 amide bonds. The Morgan fingerprint density at radius 2 is 1.83 bits per heavy atom. The van der Waals surface area contributed by atoms with Crippen molar-refractivity contribution in [2.45, 2.75) is 60.0 Å². The van der Waals surface area contributed by atoms with E-state index in [1.54, 1.807) is 6.07 Å². The zero-order valence-electron chi connectivity index (χ0n) is 15.2. The highest BCUT2D eigenvalue weighted by Crippen LogP contribution is 2.20. The van der Waals surface area contributed by atoms with Gasteiger partial charge in [0.25, 0.3) is 5.91 Å². The van der Waals surface area contributed by atoms with Crippen LogP contribution in [0.1, 0.15) is 61.9 Å². The van der Waals surface area contributed by atoms with Crippen molar-refractivity contribution in [3.05, 3.63) is 23.0 Å². The Hall–Kier alpha value is -2.31. The van der Waals surface area contributed by atoms with E-state index >= 15 is 0 Å². The fraction of sp³-hybridized carbons (Fsp3) is 0.588. The number of hydrogen-bond acceptors (Lipinski definition) is 4. The number of aryl methyl sites for hydroxylation is 1. The topological polar surface area (TPSA) is 89.4 Å². The fourth-order valence-electron chi connectivity index (χ4n) is 2.51. The summed E-state index contributed by atoms with van der Waals surface area (Å²) in [5.74, 6) is -1.24. The quantitative estimate of drug-likeness (QED) is 0.780. The number of carbonyl (C=O) groups excluding carboxylic acids is 3. The van der Waals surface area contributed by atoms with Gasteiger partial charge in [0.1, 0.15) is 0 Å². The molecule has 0 radical (unpaired) electrons. The molecule has 7 nitrogen and oxygen atoms in total. The van der Waals surface area contributed by atoms with Crippen molar-refractivity contribution in [3.63, 3.8) is 0 Å². The smallest absolute Gasteiger partial charge is 0.340 e. The third-order valence-corrected chi connectivity index (χ3v) is 3.80. The molecule has 134 valence electrons. The Bertz CT molecular complexity index is 620. The van der Waals surface area contributed by atoms with Crippen LogP contribution in [-0.2, 0) is 9.53 Å². The van der Waals surface area contributed by atoms with Crippen molar-refractivity contribution in [2.75, 3.05) is 6.61 Å². The van der Waals surface area contributed by atoms with E-state index in [1.807, 2.05) is 46.1 Å². The van der Waals surface area contributed by atoms with E-state index in [0.717, 1.165) is 17.8 Å². The molecule has 1 atom stereocenters. The lowest BCUT2D eigenvalue weighted by molar-refractivity contribution is -0.123. The Labute approximate surface area is 142 Å². The largest absolute Gasteiger partial charge is 0.452 e. The van der Waals surface area contributed by atoms with Crippen LogP contribution in [0.4, 0.5) is 4.79 Å². The van der Waals surface area contributed by atoms with Gasteiger partial charge in [-0.2, -0.15) is 0 Å². The molecule has 7 heteroatoms. The van der Waals surface area contributed by atoms with E-state index in [1.165, 1.54) is 0 Å². The number of urea groups is 1. The molecule has 0 spiro atoms. The molecule has 1 aromatic heterocycles. The third kappa shape index (κ3) is 5.11. The predicted molar refractivity (Wildman–Crippen MR) is 91.0 cm³/mol. The van der Waals surface area contributed by atoms with Crippen molar-refractivity contribution in [3.8, 4) is 0 Å².